The van der Waals surface area contributed by atoms with Gasteiger partial charge in [0, 0.05) is 23.2 Å². The lowest BCUT2D eigenvalue weighted by Gasteiger charge is -2.33. The molecule has 5 heteroatoms. The van der Waals surface area contributed by atoms with Gasteiger partial charge in [-0.15, -0.1) is 0 Å². The first-order chi connectivity index (χ1) is 9.20. The Bertz CT molecular complexity index is 409. The molecule has 0 radical (unpaired) electrons. The van der Waals surface area contributed by atoms with Gasteiger partial charge in [-0.2, -0.15) is 0 Å². The van der Waals surface area contributed by atoms with Gasteiger partial charge in [-0.1, -0.05) is 18.2 Å². The van der Waals surface area contributed by atoms with E-state index in [0.717, 1.165) is 29.4 Å². The van der Waals surface area contributed by atoms with Gasteiger partial charge in [0.15, 0.2) is 5.16 Å². The van der Waals surface area contributed by atoms with Gasteiger partial charge in [-0.3, -0.25) is 0 Å². The molecule has 0 aliphatic heterocycles. The standard InChI is InChI=1S/C14H23N3OS/c1-11-5-8-16-13(17-11)19-9-6-12-4-3-7-14(12,10-18)15-2/h5,8,12,15,18H,3-4,6-7,9-10H2,1-2H3. The molecule has 2 rings (SSSR count). The van der Waals surface area contributed by atoms with Gasteiger partial charge in [0.05, 0.1) is 6.61 Å². The average Bonchev–Trinajstić information content (AvgIpc) is 2.82. The third kappa shape index (κ3) is 3.46. The van der Waals surface area contributed by atoms with Crippen LogP contribution in [0.2, 0.25) is 0 Å². The topological polar surface area (TPSA) is 58.0 Å². The molecule has 2 N–H and O–H groups in total. The van der Waals surface area contributed by atoms with Crippen LogP contribution in [0, 0.1) is 12.8 Å². The number of aliphatic hydroxyl groups excluding tert-OH is 1. The van der Waals surface area contributed by atoms with E-state index in [0.29, 0.717) is 5.92 Å². The highest BCUT2D eigenvalue weighted by molar-refractivity contribution is 7.99. The zero-order chi connectivity index (χ0) is 13.7. The molecule has 0 bridgehead atoms. The van der Waals surface area contributed by atoms with Crippen LogP contribution in [0.1, 0.15) is 31.4 Å². The number of nitrogens with one attached hydrogen (secondary N) is 1. The lowest BCUT2D eigenvalue weighted by atomic mass is 9.86. The molecule has 106 valence electrons. The maximum atomic E-state index is 9.65. The molecule has 0 saturated heterocycles. The van der Waals surface area contributed by atoms with Gasteiger partial charge in [-0.25, -0.2) is 9.97 Å². The Morgan fingerprint density at radius 1 is 1.58 bits per heavy atom. The van der Waals surface area contributed by atoms with E-state index in [1.54, 1.807) is 11.8 Å². The van der Waals surface area contributed by atoms with Crippen molar-refractivity contribution in [2.45, 2.75) is 43.3 Å². The third-order valence-electron chi connectivity index (χ3n) is 4.21. The molecule has 0 amide bonds. The first-order valence-corrected chi connectivity index (χ1v) is 7.91. The van der Waals surface area contributed by atoms with Gasteiger partial charge in [-0.05, 0) is 45.2 Å². The Balaban J connectivity index is 1.85. The number of nitrogens with zero attached hydrogens (tertiary/aromatic N) is 2. The largest absolute Gasteiger partial charge is 0.394 e. The van der Waals surface area contributed by atoms with Gasteiger partial charge in [0.25, 0.3) is 0 Å². The molecular weight excluding hydrogens is 258 g/mol. The highest BCUT2D eigenvalue weighted by atomic mass is 32.2. The zero-order valence-corrected chi connectivity index (χ0v) is 12.5. The van der Waals surface area contributed by atoms with Crippen molar-refractivity contribution in [2.75, 3.05) is 19.4 Å². The van der Waals surface area contributed by atoms with Gasteiger partial charge in [0.2, 0.25) is 0 Å². The summed E-state index contributed by atoms with van der Waals surface area (Å²) in [5.41, 5.74) is 0.951. The molecule has 2 atom stereocenters. The summed E-state index contributed by atoms with van der Waals surface area (Å²) in [6.45, 7) is 2.22. The molecule has 1 aliphatic rings. The normalized spacial score (nSPS) is 26.8. The molecule has 19 heavy (non-hydrogen) atoms. The Hall–Kier alpha value is -0.650. The summed E-state index contributed by atoms with van der Waals surface area (Å²) >= 11 is 1.71. The van der Waals surface area contributed by atoms with E-state index in [2.05, 4.69) is 15.3 Å². The molecule has 4 nitrogen and oxygen atoms in total. The van der Waals surface area contributed by atoms with Crippen molar-refractivity contribution in [3.05, 3.63) is 18.0 Å². The van der Waals surface area contributed by atoms with Crippen LogP contribution in [0.3, 0.4) is 0 Å². The van der Waals surface area contributed by atoms with Crippen LogP contribution in [0.4, 0.5) is 0 Å². The Labute approximate surface area is 119 Å². The van der Waals surface area contributed by atoms with E-state index in [4.69, 9.17) is 0 Å². The van der Waals surface area contributed by atoms with Crippen LogP contribution in [0.5, 0.6) is 0 Å². The van der Waals surface area contributed by atoms with Crippen molar-refractivity contribution >= 4 is 11.8 Å². The maximum Gasteiger partial charge on any atom is 0.187 e. The third-order valence-corrected chi connectivity index (χ3v) is 5.10. The number of hydrogen-bond donors (Lipinski definition) is 2. The first-order valence-electron chi connectivity index (χ1n) is 6.92. The Morgan fingerprint density at radius 2 is 2.42 bits per heavy atom. The fourth-order valence-electron chi connectivity index (χ4n) is 2.97. The predicted octanol–water partition coefficient (Wildman–Crippen LogP) is 2.02. The molecule has 0 spiro atoms. The van der Waals surface area contributed by atoms with Crippen LogP contribution in [0.25, 0.3) is 0 Å². The Morgan fingerprint density at radius 3 is 3.11 bits per heavy atom. The predicted molar refractivity (Wildman–Crippen MR) is 78.3 cm³/mol. The smallest absolute Gasteiger partial charge is 0.187 e. The summed E-state index contributed by atoms with van der Waals surface area (Å²) in [6.07, 6.45) is 6.40. The summed E-state index contributed by atoms with van der Waals surface area (Å²) in [5, 5.41) is 13.8. The second-order valence-corrected chi connectivity index (χ2v) is 6.33. The number of thioether (sulfide) groups is 1. The highest BCUT2D eigenvalue weighted by Gasteiger charge is 2.40. The first kappa shape index (κ1) is 14.8. The second-order valence-electron chi connectivity index (χ2n) is 5.27. The van der Waals surface area contributed by atoms with Crippen molar-refractivity contribution < 1.29 is 5.11 Å². The maximum absolute atomic E-state index is 9.65. The lowest BCUT2D eigenvalue weighted by Crippen LogP contribution is -2.49. The molecule has 1 aromatic heterocycles. The fourth-order valence-corrected chi connectivity index (χ4v) is 3.90. The molecule has 1 aliphatic carbocycles. The Kier molecular flexibility index (Phi) is 5.19. The zero-order valence-electron chi connectivity index (χ0n) is 11.7. The van der Waals surface area contributed by atoms with Crippen LogP contribution < -0.4 is 5.32 Å². The van der Waals surface area contributed by atoms with E-state index in [1.165, 1.54) is 12.8 Å². The number of hydrogen-bond acceptors (Lipinski definition) is 5. The lowest BCUT2D eigenvalue weighted by molar-refractivity contribution is 0.130. The summed E-state index contributed by atoms with van der Waals surface area (Å²) in [6, 6.07) is 1.92. The molecule has 2 unspecified atom stereocenters. The summed E-state index contributed by atoms with van der Waals surface area (Å²) in [5.74, 6) is 1.57. The van der Waals surface area contributed by atoms with Gasteiger partial charge in [0.1, 0.15) is 0 Å². The molecule has 1 heterocycles. The van der Waals surface area contributed by atoms with Crippen LogP contribution >= 0.6 is 11.8 Å². The summed E-state index contributed by atoms with van der Waals surface area (Å²) in [4.78, 5) is 8.67. The highest BCUT2D eigenvalue weighted by Crippen LogP contribution is 2.38. The molecule has 1 fully saturated rings. The van der Waals surface area contributed by atoms with Crippen molar-refractivity contribution in [3.8, 4) is 0 Å². The van der Waals surface area contributed by atoms with Crippen LogP contribution in [-0.2, 0) is 0 Å². The number of aliphatic hydroxyl groups is 1. The monoisotopic (exact) mass is 281 g/mol. The van der Waals surface area contributed by atoms with Crippen LogP contribution in [0.15, 0.2) is 17.4 Å². The molecule has 1 saturated carbocycles. The SMILES string of the molecule is CNC1(CO)CCCC1CCSc1nccc(C)n1. The van der Waals surface area contributed by atoms with E-state index in [9.17, 15) is 5.11 Å². The van der Waals surface area contributed by atoms with Crippen molar-refractivity contribution in [1.82, 2.24) is 15.3 Å². The minimum absolute atomic E-state index is 0.0615. The molecule has 0 aromatic carbocycles. The molecular formula is C14H23N3OS. The second kappa shape index (κ2) is 6.68. The van der Waals surface area contributed by atoms with E-state index < -0.39 is 0 Å². The summed E-state index contributed by atoms with van der Waals surface area (Å²) < 4.78 is 0. The van der Waals surface area contributed by atoms with Gasteiger partial charge < -0.3 is 10.4 Å². The van der Waals surface area contributed by atoms with Crippen molar-refractivity contribution in [2.24, 2.45) is 5.92 Å². The number of likely N-dealkylation sites (N-methyl/N-ethyl adjacent to an activating group) is 1. The number of rotatable bonds is 6. The number of aryl methyl sites for hydroxylation is 1. The summed E-state index contributed by atoms with van der Waals surface area (Å²) in [7, 11) is 1.96. The quantitative estimate of drug-likeness (QED) is 0.617. The van der Waals surface area contributed by atoms with Crippen molar-refractivity contribution in [3.63, 3.8) is 0 Å². The van der Waals surface area contributed by atoms with E-state index in [1.807, 2.05) is 26.2 Å². The average molecular weight is 281 g/mol. The van der Waals surface area contributed by atoms with Crippen molar-refractivity contribution in [1.29, 1.82) is 0 Å². The number of aromatic nitrogens is 2. The van der Waals surface area contributed by atoms with E-state index >= 15 is 0 Å². The van der Waals surface area contributed by atoms with Crippen LogP contribution in [-0.4, -0.2) is 40.0 Å². The minimum Gasteiger partial charge on any atom is -0.394 e. The molecule has 1 aromatic rings. The van der Waals surface area contributed by atoms with E-state index in [-0.39, 0.29) is 12.1 Å². The fraction of sp³-hybridized carbons (Fsp3) is 0.714. The minimum atomic E-state index is -0.0615. The van der Waals surface area contributed by atoms with Gasteiger partial charge >= 0.3 is 0 Å².